The molecule has 1 nitrogen and oxygen atoms in total. The van der Waals surface area contributed by atoms with Crippen molar-refractivity contribution >= 4 is 20.5 Å². The van der Waals surface area contributed by atoms with Crippen LogP contribution in [0.2, 0.25) is 0 Å². The lowest BCUT2D eigenvalue weighted by molar-refractivity contribution is 0.605. The summed E-state index contributed by atoms with van der Waals surface area (Å²) in [6, 6.07) is 0. The summed E-state index contributed by atoms with van der Waals surface area (Å²) in [5.41, 5.74) is 0. The van der Waals surface area contributed by atoms with Crippen LogP contribution in [0.15, 0.2) is 37.0 Å². The third-order valence-corrected chi connectivity index (χ3v) is 1.60. The van der Waals surface area contributed by atoms with E-state index in [2.05, 4.69) is 17.8 Å². The molecule has 0 unspecified atom stereocenters. The molecule has 0 spiro atoms. The van der Waals surface area contributed by atoms with Crippen LogP contribution in [0.5, 0.6) is 0 Å². The molecule has 0 bridgehead atoms. The van der Waals surface area contributed by atoms with Crippen LogP contribution in [-0.2, 0) is 24.8 Å². The van der Waals surface area contributed by atoms with Gasteiger partial charge in [0.1, 0.15) is 0 Å². The van der Waals surface area contributed by atoms with Crippen molar-refractivity contribution in [1.82, 2.24) is 0 Å². The minimum Gasteiger partial charge on any atom is -0.451 e. The van der Waals surface area contributed by atoms with Gasteiger partial charge in [-0.1, -0.05) is 36.6 Å². The van der Waals surface area contributed by atoms with Crippen LogP contribution < -0.4 is 0 Å². The Kier molecular flexibility index (Phi) is 6.43. The molecule has 0 saturated heterocycles. The van der Waals surface area contributed by atoms with Gasteiger partial charge in [0.15, 0.2) is 0 Å². The first-order chi connectivity index (χ1) is 4.77. The fraction of sp³-hybridized carbons (Fsp3) is 0.143. The van der Waals surface area contributed by atoms with E-state index in [1.54, 1.807) is 24.3 Å². The molecule has 0 aliphatic carbocycles. The van der Waals surface area contributed by atoms with Crippen molar-refractivity contribution < 1.29 is 4.21 Å². The zero-order chi connectivity index (χ0) is 7.82. The van der Waals surface area contributed by atoms with Crippen LogP contribution in [-0.4, -0.2) is 5.75 Å². The van der Waals surface area contributed by atoms with E-state index in [1.165, 1.54) is 0 Å². The Morgan fingerprint density at radius 2 is 2.10 bits per heavy atom. The Bertz CT molecular complexity index is 204. The maximum atomic E-state index is 10.3. The third kappa shape index (κ3) is 7.59. The highest BCUT2D eigenvalue weighted by Crippen LogP contribution is 1.78. The molecule has 10 heavy (non-hydrogen) atoms. The number of hydrogen-bond acceptors (Lipinski definition) is 3. The van der Waals surface area contributed by atoms with Crippen molar-refractivity contribution in [3.05, 3.63) is 37.0 Å². The summed E-state index contributed by atoms with van der Waals surface area (Å²) in [7, 11) is -1.13. The van der Waals surface area contributed by atoms with Gasteiger partial charge in [-0.25, -0.2) is 20.5 Å². The van der Waals surface area contributed by atoms with Gasteiger partial charge in [0.05, 0.1) is 0 Å². The van der Waals surface area contributed by atoms with Crippen LogP contribution in [0.3, 0.4) is 0 Å². The average molecular weight is 173 g/mol. The monoisotopic (exact) mass is 173 g/mol. The van der Waals surface area contributed by atoms with Crippen molar-refractivity contribution in [1.29, 1.82) is 0 Å². The van der Waals surface area contributed by atoms with E-state index >= 15 is 0 Å². The summed E-state index contributed by atoms with van der Waals surface area (Å²) < 4.78 is 10.3. The van der Waals surface area contributed by atoms with Crippen LogP contribution in [0.25, 0.3) is 0 Å². The second-order valence-electron chi connectivity index (χ2n) is 1.52. The first-order valence-electron chi connectivity index (χ1n) is 2.77. The lowest BCUT2D eigenvalue weighted by Crippen LogP contribution is -1.74. The molecule has 0 heterocycles. The lowest BCUT2D eigenvalue weighted by atomic mass is 10.4. The fourth-order valence-electron chi connectivity index (χ4n) is 0.355. The Hall–Kier alpha value is -0.410. The van der Waals surface area contributed by atoms with Crippen molar-refractivity contribution in [2.24, 2.45) is 0 Å². The molecule has 0 saturated carbocycles. The van der Waals surface area contributed by atoms with Gasteiger partial charge in [0.25, 0.3) is 0 Å². The highest BCUT2D eigenvalue weighted by Gasteiger charge is 1.61. The predicted molar refractivity (Wildman–Crippen MR) is 48.8 cm³/mol. The SMILES string of the molecule is C=C/C=C\C=C/C[S-](=O)=S. The molecular weight excluding hydrogens is 164 g/mol. The summed E-state index contributed by atoms with van der Waals surface area (Å²) >= 11 is 4.43. The molecule has 0 fully saturated rings. The van der Waals surface area contributed by atoms with Gasteiger partial charge in [0.2, 0.25) is 0 Å². The summed E-state index contributed by atoms with van der Waals surface area (Å²) in [4.78, 5) is 0. The van der Waals surface area contributed by atoms with Crippen molar-refractivity contribution in [3.63, 3.8) is 0 Å². The Balaban J connectivity index is 3.56. The maximum absolute atomic E-state index is 10.3. The van der Waals surface area contributed by atoms with Gasteiger partial charge in [0, 0.05) is 0 Å². The Morgan fingerprint density at radius 1 is 1.40 bits per heavy atom. The highest BCUT2D eigenvalue weighted by atomic mass is 32.8. The smallest absolute Gasteiger partial charge is 0.0627 e. The van der Waals surface area contributed by atoms with Gasteiger partial charge in [-0.05, 0) is 0 Å². The average Bonchev–Trinajstić information content (AvgIpc) is 1.87. The zero-order valence-corrected chi connectivity index (χ0v) is 7.16. The minimum atomic E-state index is -1.13. The van der Waals surface area contributed by atoms with Crippen molar-refractivity contribution in [2.45, 2.75) is 0 Å². The summed E-state index contributed by atoms with van der Waals surface area (Å²) in [6.07, 6.45) is 8.85. The second kappa shape index (κ2) is 6.71. The van der Waals surface area contributed by atoms with E-state index in [9.17, 15) is 4.21 Å². The largest absolute Gasteiger partial charge is 0.451 e. The molecule has 0 aliphatic rings. The molecule has 0 amide bonds. The number of rotatable bonds is 4. The van der Waals surface area contributed by atoms with Crippen LogP contribution in [0, 0.1) is 0 Å². The van der Waals surface area contributed by atoms with Crippen molar-refractivity contribution in [2.75, 3.05) is 5.75 Å². The Morgan fingerprint density at radius 3 is 2.60 bits per heavy atom. The Labute approximate surface area is 67.8 Å². The summed E-state index contributed by atoms with van der Waals surface area (Å²) in [5, 5.41) is 0. The van der Waals surface area contributed by atoms with Gasteiger partial charge >= 0.3 is 0 Å². The number of allylic oxidation sites excluding steroid dienone is 4. The molecule has 56 valence electrons. The maximum Gasteiger partial charge on any atom is -0.0627 e. The molecule has 0 N–H and O–H groups in total. The van der Waals surface area contributed by atoms with Crippen LogP contribution in [0.4, 0.5) is 0 Å². The normalized spacial score (nSPS) is 11.7. The highest BCUT2D eigenvalue weighted by molar-refractivity contribution is 8.21. The first-order valence-corrected chi connectivity index (χ1v) is 5.02. The predicted octanol–water partition coefficient (Wildman–Crippen LogP) is 1.71. The van der Waals surface area contributed by atoms with E-state index < -0.39 is 9.36 Å². The molecule has 0 aromatic heterocycles. The van der Waals surface area contributed by atoms with E-state index in [4.69, 9.17) is 0 Å². The second-order valence-corrected chi connectivity index (χ2v) is 3.58. The zero-order valence-electron chi connectivity index (χ0n) is 5.53. The molecule has 0 aliphatic heterocycles. The molecule has 0 rings (SSSR count). The molecule has 0 aromatic carbocycles. The van der Waals surface area contributed by atoms with Gasteiger partial charge in [-0.15, -0.1) is 6.08 Å². The van der Waals surface area contributed by atoms with Crippen molar-refractivity contribution in [3.8, 4) is 0 Å². The van der Waals surface area contributed by atoms with E-state index in [0.29, 0.717) is 5.75 Å². The lowest BCUT2D eigenvalue weighted by Gasteiger charge is -1.86. The van der Waals surface area contributed by atoms with Gasteiger partial charge in [-0.3, -0.25) is 0 Å². The third-order valence-electron chi connectivity index (χ3n) is 0.727. The topological polar surface area (TPSA) is 17.1 Å². The summed E-state index contributed by atoms with van der Waals surface area (Å²) in [6.45, 7) is 3.49. The van der Waals surface area contributed by atoms with E-state index in [0.717, 1.165) is 0 Å². The van der Waals surface area contributed by atoms with E-state index in [1.807, 2.05) is 6.08 Å². The van der Waals surface area contributed by atoms with E-state index in [-0.39, 0.29) is 0 Å². The van der Waals surface area contributed by atoms with Crippen LogP contribution >= 0.6 is 0 Å². The van der Waals surface area contributed by atoms with Gasteiger partial charge in [-0.2, -0.15) is 0 Å². The molecular formula is C7H9OS2-. The fourth-order valence-corrected chi connectivity index (χ4v) is 0.859. The van der Waals surface area contributed by atoms with Crippen LogP contribution in [0.1, 0.15) is 0 Å². The molecule has 0 radical (unpaired) electrons. The standard InChI is InChI=1S/C7H9OS2/c1-2-3-4-5-6-7-10(8)9/h2-6H,1,7H2/q-1/b4-3-,6-5-. The van der Waals surface area contributed by atoms with Gasteiger partial charge < -0.3 is 4.21 Å². The number of hydrogen-bond donors (Lipinski definition) is 0. The molecule has 3 heteroatoms. The molecule has 0 aromatic rings. The first kappa shape index (κ1) is 9.59. The minimum absolute atomic E-state index is 0.441. The summed E-state index contributed by atoms with van der Waals surface area (Å²) in [5.74, 6) is 0.441. The quantitative estimate of drug-likeness (QED) is 0.475. The molecule has 0 atom stereocenters.